The highest BCUT2D eigenvalue weighted by molar-refractivity contribution is 6.00. The molecule has 0 heterocycles. The fourth-order valence-electron chi connectivity index (χ4n) is 1.53. The van der Waals surface area contributed by atoms with Gasteiger partial charge < -0.3 is 24.4 Å². The van der Waals surface area contributed by atoms with E-state index < -0.39 is 11.9 Å². The van der Waals surface area contributed by atoms with Crippen molar-refractivity contribution in [1.82, 2.24) is 0 Å². The molecule has 0 unspecified atom stereocenters. The molecule has 0 aliphatic heterocycles. The van der Waals surface area contributed by atoms with Crippen molar-refractivity contribution >= 4 is 11.9 Å². The van der Waals surface area contributed by atoms with Crippen molar-refractivity contribution in [3.63, 3.8) is 0 Å². The van der Waals surface area contributed by atoms with Crippen molar-refractivity contribution in [1.29, 1.82) is 0 Å². The molecule has 1 aromatic rings. The van der Waals surface area contributed by atoms with Crippen LogP contribution in [0.1, 0.15) is 20.7 Å². The van der Waals surface area contributed by atoms with Gasteiger partial charge in [-0.15, -0.1) is 0 Å². The molecule has 7 heteroatoms. The number of methoxy groups -OCH3 is 3. The minimum absolute atomic E-state index is 0.0719. The normalized spacial score (nSPS) is 9.72. The zero-order chi connectivity index (χ0) is 13.9. The number of carboxylic acids is 2. The molecule has 0 aliphatic carbocycles. The molecule has 1 aromatic carbocycles. The highest BCUT2D eigenvalue weighted by Gasteiger charge is 2.26. The molecule has 1 rings (SSSR count). The number of benzene rings is 1. The summed E-state index contributed by atoms with van der Waals surface area (Å²) in [5, 5.41) is 18.0. The Bertz CT molecular complexity index is 452. The van der Waals surface area contributed by atoms with Crippen LogP contribution < -0.4 is 14.2 Å². The van der Waals surface area contributed by atoms with Gasteiger partial charge in [-0.2, -0.15) is 0 Å². The Morgan fingerprint density at radius 2 is 1.17 bits per heavy atom. The zero-order valence-corrected chi connectivity index (χ0v) is 10.0. The first-order chi connectivity index (χ1) is 8.47. The number of hydrogen-bond donors (Lipinski definition) is 2. The first-order valence-electron chi connectivity index (χ1n) is 4.77. The lowest BCUT2D eigenvalue weighted by Gasteiger charge is -2.16. The molecule has 0 aromatic heterocycles. The third-order valence-electron chi connectivity index (χ3n) is 2.26. The van der Waals surface area contributed by atoms with Crippen molar-refractivity contribution in [3.8, 4) is 17.2 Å². The molecule has 0 spiro atoms. The molecule has 0 aliphatic rings. The average molecular weight is 256 g/mol. The van der Waals surface area contributed by atoms with E-state index in [9.17, 15) is 9.59 Å². The Morgan fingerprint density at radius 3 is 1.39 bits per heavy atom. The van der Waals surface area contributed by atoms with Gasteiger partial charge in [0.05, 0.1) is 21.3 Å². The minimum atomic E-state index is -1.32. The van der Waals surface area contributed by atoms with E-state index in [0.29, 0.717) is 0 Å². The number of carbonyl (C=O) groups is 2. The minimum Gasteiger partial charge on any atom is -0.492 e. The van der Waals surface area contributed by atoms with E-state index in [1.807, 2.05) is 0 Å². The van der Waals surface area contributed by atoms with Gasteiger partial charge in [0.2, 0.25) is 5.75 Å². The van der Waals surface area contributed by atoms with Crippen LogP contribution in [0.25, 0.3) is 0 Å². The number of aromatic carboxylic acids is 2. The van der Waals surface area contributed by atoms with Gasteiger partial charge in [-0.25, -0.2) is 9.59 Å². The lowest BCUT2D eigenvalue weighted by molar-refractivity contribution is 0.0692. The van der Waals surface area contributed by atoms with Crippen molar-refractivity contribution in [2.24, 2.45) is 0 Å². The molecular formula is C11H12O7. The Labute approximate surface area is 103 Å². The molecule has 18 heavy (non-hydrogen) atoms. The maximum absolute atomic E-state index is 11.1. The maximum atomic E-state index is 11.1. The van der Waals surface area contributed by atoms with Gasteiger partial charge in [0, 0.05) is 0 Å². The Morgan fingerprint density at radius 1 is 0.833 bits per heavy atom. The van der Waals surface area contributed by atoms with Crippen LogP contribution in [0, 0.1) is 0 Å². The van der Waals surface area contributed by atoms with Crippen LogP contribution in [0.2, 0.25) is 0 Å². The highest BCUT2D eigenvalue weighted by Crippen LogP contribution is 2.42. The Balaban J connectivity index is 3.72. The average Bonchev–Trinajstić information content (AvgIpc) is 2.35. The molecule has 2 N–H and O–H groups in total. The summed E-state index contributed by atoms with van der Waals surface area (Å²) in [5.41, 5.74) is -0.625. The smallest absolute Gasteiger partial charge is 0.339 e. The molecular weight excluding hydrogens is 244 g/mol. The summed E-state index contributed by atoms with van der Waals surface area (Å²) in [5.74, 6) is -2.90. The van der Waals surface area contributed by atoms with Gasteiger partial charge >= 0.3 is 11.9 Å². The number of hydrogen-bond acceptors (Lipinski definition) is 5. The molecule has 0 amide bonds. The van der Waals surface area contributed by atoms with Crippen molar-refractivity contribution in [2.75, 3.05) is 21.3 Å². The van der Waals surface area contributed by atoms with E-state index in [-0.39, 0.29) is 28.4 Å². The van der Waals surface area contributed by atoms with Gasteiger partial charge in [0.15, 0.2) is 11.5 Å². The zero-order valence-electron chi connectivity index (χ0n) is 10.0. The predicted molar refractivity (Wildman–Crippen MR) is 60.0 cm³/mol. The van der Waals surface area contributed by atoms with Gasteiger partial charge in [0.1, 0.15) is 11.1 Å². The molecule has 0 radical (unpaired) electrons. The molecule has 98 valence electrons. The highest BCUT2D eigenvalue weighted by atomic mass is 16.5. The Hall–Kier alpha value is -2.44. The monoisotopic (exact) mass is 256 g/mol. The van der Waals surface area contributed by atoms with Crippen LogP contribution in [0.5, 0.6) is 17.2 Å². The molecule has 7 nitrogen and oxygen atoms in total. The van der Waals surface area contributed by atoms with Crippen LogP contribution >= 0.6 is 0 Å². The lowest BCUT2D eigenvalue weighted by Crippen LogP contribution is -2.09. The van der Waals surface area contributed by atoms with Crippen LogP contribution in [0.15, 0.2) is 6.07 Å². The fraction of sp³-hybridized carbons (Fsp3) is 0.273. The van der Waals surface area contributed by atoms with Gasteiger partial charge in [-0.05, 0) is 6.07 Å². The van der Waals surface area contributed by atoms with Crippen molar-refractivity contribution < 1.29 is 34.0 Å². The second kappa shape index (κ2) is 5.26. The second-order valence-corrected chi connectivity index (χ2v) is 3.18. The van der Waals surface area contributed by atoms with Crippen LogP contribution in [0.4, 0.5) is 0 Å². The lowest BCUT2D eigenvalue weighted by atomic mass is 10.1. The molecule has 0 saturated heterocycles. The topological polar surface area (TPSA) is 102 Å². The summed E-state index contributed by atoms with van der Waals surface area (Å²) in [4.78, 5) is 22.1. The molecule has 0 bridgehead atoms. The Kier molecular flexibility index (Phi) is 3.98. The van der Waals surface area contributed by atoms with Crippen molar-refractivity contribution in [3.05, 3.63) is 17.2 Å². The third kappa shape index (κ3) is 2.15. The summed E-state index contributed by atoms with van der Waals surface area (Å²) in [7, 11) is 3.77. The predicted octanol–water partition coefficient (Wildman–Crippen LogP) is 1.11. The molecule has 0 atom stereocenters. The van der Waals surface area contributed by atoms with E-state index in [1.54, 1.807) is 0 Å². The summed E-state index contributed by atoms with van der Waals surface area (Å²) in [6, 6.07) is 0.963. The van der Waals surface area contributed by atoms with E-state index in [0.717, 1.165) is 6.07 Å². The van der Waals surface area contributed by atoms with Crippen LogP contribution in [0.3, 0.4) is 0 Å². The third-order valence-corrected chi connectivity index (χ3v) is 2.26. The van der Waals surface area contributed by atoms with E-state index in [2.05, 4.69) is 0 Å². The second-order valence-electron chi connectivity index (χ2n) is 3.18. The summed E-state index contributed by atoms with van der Waals surface area (Å²) < 4.78 is 14.8. The number of carboxylic acid groups (broad SMARTS) is 2. The summed E-state index contributed by atoms with van der Waals surface area (Å²) in [6.07, 6.45) is 0. The van der Waals surface area contributed by atoms with Crippen LogP contribution in [-0.4, -0.2) is 43.5 Å². The molecule has 0 saturated carbocycles. The summed E-state index contributed by atoms with van der Waals surface area (Å²) in [6.45, 7) is 0. The first-order valence-corrected chi connectivity index (χ1v) is 4.77. The largest absolute Gasteiger partial charge is 0.492 e. The summed E-state index contributed by atoms with van der Waals surface area (Å²) >= 11 is 0. The fourth-order valence-corrected chi connectivity index (χ4v) is 1.53. The first kappa shape index (κ1) is 13.6. The maximum Gasteiger partial charge on any atom is 0.339 e. The standard InChI is InChI=1S/C11H12O7/c1-16-7-5(10(12)13)4-6(11(14)15)8(17-2)9(7)18-3/h4H,1-3H3,(H,12,13)(H,14,15). The van der Waals surface area contributed by atoms with E-state index >= 15 is 0 Å². The number of ether oxygens (including phenoxy) is 3. The van der Waals surface area contributed by atoms with E-state index in [4.69, 9.17) is 24.4 Å². The SMILES string of the molecule is COc1c(C(=O)O)cc(C(=O)O)c(OC)c1OC. The van der Waals surface area contributed by atoms with Crippen molar-refractivity contribution in [2.45, 2.75) is 0 Å². The van der Waals surface area contributed by atoms with E-state index in [1.165, 1.54) is 21.3 Å². The number of rotatable bonds is 5. The van der Waals surface area contributed by atoms with Gasteiger partial charge in [-0.1, -0.05) is 0 Å². The molecule has 0 fully saturated rings. The quantitative estimate of drug-likeness (QED) is 0.813. The van der Waals surface area contributed by atoms with Crippen LogP contribution in [-0.2, 0) is 0 Å². The van der Waals surface area contributed by atoms with Gasteiger partial charge in [0.25, 0.3) is 0 Å². The van der Waals surface area contributed by atoms with Gasteiger partial charge in [-0.3, -0.25) is 0 Å².